The van der Waals surface area contributed by atoms with Crippen LogP contribution in [-0.2, 0) is 18.4 Å². The van der Waals surface area contributed by atoms with E-state index in [0.717, 1.165) is 5.69 Å². The van der Waals surface area contributed by atoms with Crippen molar-refractivity contribution in [2.75, 3.05) is 13.2 Å². The Hall–Kier alpha value is -3.46. The third-order valence-electron chi connectivity index (χ3n) is 5.03. The number of hydrogen-bond donors (Lipinski definition) is 3. The van der Waals surface area contributed by atoms with Gasteiger partial charge in [-0.25, -0.2) is 0 Å². The van der Waals surface area contributed by atoms with E-state index in [1.54, 1.807) is 31.4 Å². The third-order valence-corrected chi connectivity index (χ3v) is 5.03. The fourth-order valence-electron chi connectivity index (χ4n) is 3.44. The lowest BCUT2D eigenvalue weighted by Gasteiger charge is -2.24. The van der Waals surface area contributed by atoms with Crippen molar-refractivity contribution in [3.8, 4) is 5.75 Å². The van der Waals surface area contributed by atoms with Crippen molar-refractivity contribution < 1.29 is 19.4 Å². The molecule has 0 saturated carbocycles. The van der Waals surface area contributed by atoms with Gasteiger partial charge in [0.2, 0.25) is 5.91 Å². The Morgan fingerprint density at radius 1 is 1.38 bits per heavy atom. The van der Waals surface area contributed by atoms with Gasteiger partial charge in [0.1, 0.15) is 23.6 Å². The molecule has 29 heavy (non-hydrogen) atoms. The number of aliphatic hydroxyl groups excluding tert-OH is 1. The Morgan fingerprint density at radius 2 is 2.24 bits per heavy atom. The van der Waals surface area contributed by atoms with E-state index < -0.39 is 18.1 Å². The molecule has 1 fully saturated rings. The van der Waals surface area contributed by atoms with Crippen LogP contribution in [0.15, 0.2) is 42.6 Å². The minimum Gasteiger partial charge on any atom is -0.487 e. The maximum atomic E-state index is 13.0. The molecular weight excluding hydrogens is 374 g/mol. The molecule has 1 aromatic carbocycles. The molecule has 1 aliphatic heterocycles. The largest absolute Gasteiger partial charge is 0.487 e. The number of fused-ring (bicyclic) bond motifs is 1. The molecule has 2 aromatic heterocycles. The number of benzene rings is 1. The number of ether oxygens (including phenoxy) is 1. The van der Waals surface area contributed by atoms with Crippen molar-refractivity contribution >= 4 is 22.7 Å². The summed E-state index contributed by atoms with van der Waals surface area (Å²) in [5, 5.41) is 20.0. The summed E-state index contributed by atoms with van der Waals surface area (Å²) in [7, 11) is 1.66. The fourth-order valence-corrected chi connectivity index (χ4v) is 3.44. The number of carbonyl (C=O) groups excluding carboxylic acids is 2. The molecule has 3 heterocycles. The summed E-state index contributed by atoms with van der Waals surface area (Å²) in [4.78, 5) is 29.3. The van der Waals surface area contributed by atoms with E-state index >= 15 is 0 Å². The average molecular weight is 395 g/mol. The van der Waals surface area contributed by atoms with E-state index in [1.165, 1.54) is 4.68 Å². The highest BCUT2D eigenvalue weighted by molar-refractivity contribution is 6.07. The predicted molar refractivity (Wildman–Crippen MR) is 104 cm³/mol. The zero-order chi connectivity index (χ0) is 20.4. The molecule has 0 radical (unpaired) electrons. The van der Waals surface area contributed by atoms with Crippen molar-refractivity contribution in [1.29, 1.82) is 0 Å². The molecule has 3 aromatic rings. The van der Waals surface area contributed by atoms with Gasteiger partial charge in [0.25, 0.3) is 5.91 Å². The second kappa shape index (κ2) is 7.51. The maximum Gasteiger partial charge on any atom is 0.271 e. The first-order chi connectivity index (χ1) is 14.0. The van der Waals surface area contributed by atoms with Crippen LogP contribution in [0.3, 0.4) is 0 Å². The molecule has 0 aliphatic carbocycles. The predicted octanol–water partition coefficient (Wildman–Crippen LogP) is 0.528. The number of amides is 2. The molecule has 9 heteroatoms. The fraction of sp³-hybridized carbons (Fsp3) is 0.300. The van der Waals surface area contributed by atoms with Gasteiger partial charge in [-0.3, -0.25) is 19.3 Å². The summed E-state index contributed by atoms with van der Waals surface area (Å²) in [5.41, 5.74) is 0.377. The zero-order valence-electron chi connectivity index (χ0n) is 15.9. The van der Waals surface area contributed by atoms with Gasteiger partial charge in [-0.1, -0.05) is 6.07 Å². The number of hydrogen-bond acceptors (Lipinski definition) is 6. The number of carbonyl (C=O) groups is 2. The Morgan fingerprint density at radius 3 is 2.93 bits per heavy atom. The molecule has 3 N–H and O–H groups in total. The average Bonchev–Trinajstić information content (AvgIpc) is 3.26. The van der Waals surface area contributed by atoms with Gasteiger partial charge in [0.15, 0.2) is 0 Å². The molecule has 0 spiro atoms. The summed E-state index contributed by atoms with van der Waals surface area (Å²) in [6.45, 7) is 0.220. The van der Waals surface area contributed by atoms with Crippen molar-refractivity contribution in [3.63, 3.8) is 0 Å². The van der Waals surface area contributed by atoms with Gasteiger partial charge in [-0.15, -0.1) is 0 Å². The second-order valence-corrected chi connectivity index (χ2v) is 6.96. The van der Waals surface area contributed by atoms with E-state index in [4.69, 9.17) is 4.74 Å². The first-order valence-electron chi connectivity index (χ1n) is 9.23. The third kappa shape index (κ3) is 3.52. The van der Waals surface area contributed by atoms with Crippen molar-refractivity contribution in [1.82, 2.24) is 25.4 Å². The van der Waals surface area contributed by atoms with Gasteiger partial charge in [-0.2, -0.15) is 5.10 Å². The summed E-state index contributed by atoms with van der Waals surface area (Å²) < 4.78 is 7.26. The molecule has 150 valence electrons. The molecule has 1 atom stereocenters. The van der Waals surface area contributed by atoms with Crippen LogP contribution in [0.25, 0.3) is 10.9 Å². The van der Waals surface area contributed by atoms with Crippen LogP contribution < -0.4 is 15.4 Å². The van der Waals surface area contributed by atoms with Gasteiger partial charge >= 0.3 is 0 Å². The normalized spacial score (nSPS) is 18.6. The summed E-state index contributed by atoms with van der Waals surface area (Å²) >= 11 is 0. The lowest BCUT2D eigenvalue weighted by Crippen LogP contribution is -2.56. The number of aromatic nitrogens is 3. The van der Waals surface area contributed by atoms with Gasteiger partial charge < -0.3 is 20.5 Å². The molecule has 1 aliphatic rings. The second-order valence-electron chi connectivity index (χ2n) is 6.96. The molecule has 2 amide bonds. The molecule has 1 saturated heterocycles. The molecule has 9 nitrogen and oxygen atoms in total. The molecule has 0 bridgehead atoms. The lowest BCUT2D eigenvalue weighted by atomic mass is 9.98. The monoisotopic (exact) mass is 395 g/mol. The van der Waals surface area contributed by atoms with Crippen molar-refractivity contribution in [2.24, 2.45) is 7.05 Å². The molecular formula is C20H21N5O4. The van der Waals surface area contributed by atoms with E-state index in [-0.39, 0.29) is 11.6 Å². The Labute approximate surface area is 166 Å². The number of aliphatic hydroxyl groups is 1. The number of rotatable bonds is 6. The highest BCUT2D eigenvalue weighted by Gasteiger charge is 2.44. The summed E-state index contributed by atoms with van der Waals surface area (Å²) in [6.07, 6.45) is 2.02. The SMILES string of the molecule is Cn1nc2ccc(OCc3ccccn3)cc2c1C(=O)NC1(CO)CCNC1=O. The van der Waals surface area contributed by atoms with Crippen LogP contribution in [0.5, 0.6) is 5.75 Å². The van der Waals surface area contributed by atoms with Gasteiger partial charge in [0, 0.05) is 25.2 Å². The van der Waals surface area contributed by atoms with Crippen LogP contribution in [0.1, 0.15) is 22.6 Å². The minimum atomic E-state index is -1.32. The Kier molecular flexibility index (Phi) is 4.89. The standard InChI is InChI=1S/C20H21N5O4/c1-25-17(18(27)23-20(12-26)7-9-22-19(20)28)15-10-14(5-6-16(15)24-25)29-11-13-4-2-3-8-21-13/h2-6,8,10,26H,7,9,11-12H2,1H3,(H,22,28)(H,23,27). The van der Waals surface area contributed by atoms with E-state index in [2.05, 4.69) is 20.7 Å². The van der Waals surface area contributed by atoms with E-state index in [1.807, 2.05) is 18.2 Å². The number of aryl methyl sites for hydroxylation is 1. The number of pyridine rings is 1. The van der Waals surface area contributed by atoms with Crippen molar-refractivity contribution in [2.45, 2.75) is 18.6 Å². The highest BCUT2D eigenvalue weighted by atomic mass is 16.5. The van der Waals surface area contributed by atoms with Crippen molar-refractivity contribution in [3.05, 3.63) is 54.0 Å². The van der Waals surface area contributed by atoms with E-state index in [0.29, 0.717) is 36.2 Å². The summed E-state index contributed by atoms with van der Waals surface area (Å²) in [6, 6.07) is 10.9. The Balaban J connectivity index is 1.61. The highest BCUT2D eigenvalue weighted by Crippen LogP contribution is 2.25. The Bertz CT molecular complexity index is 1070. The smallest absolute Gasteiger partial charge is 0.271 e. The number of nitrogens with zero attached hydrogens (tertiary/aromatic N) is 3. The summed E-state index contributed by atoms with van der Waals surface area (Å²) in [5.74, 6) is -0.303. The zero-order valence-corrected chi connectivity index (χ0v) is 15.9. The topological polar surface area (TPSA) is 118 Å². The minimum absolute atomic E-state index is 0.288. The van der Waals surface area contributed by atoms with Gasteiger partial charge in [0.05, 0.1) is 17.8 Å². The molecule has 4 rings (SSSR count). The van der Waals surface area contributed by atoms with Crippen LogP contribution in [0.4, 0.5) is 0 Å². The quantitative estimate of drug-likeness (QED) is 0.560. The van der Waals surface area contributed by atoms with Gasteiger partial charge in [-0.05, 0) is 36.8 Å². The van der Waals surface area contributed by atoms with Crippen LogP contribution in [0, 0.1) is 0 Å². The van der Waals surface area contributed by atoms with Crippen LogP contribution in [-0.4, -0.2) is 50.4 Å². The first-order valence-corrected chi connectivity index (χ1v) is 9.23. The van der Waals surface area contributed by atoms with E-state index in [9.17, 15) is 14.7 Å². The first kappa shape index (κ1) is 18.9. The van der Waals surface area contributed by atoms with Crippen LogP contribution in [0.2, 0.25) is 0 Å². The molecule has 1 unspecified atom stereocenters. The number of nitrogens with one attached hydrogen (secondary N) is 2. The maximum absolute atomic E-state index is 13.0. The lowest BCUT2D eigenvalue weighted by molar-refractivity contribution is -0.125. The van der Waals surface area contributed by atoms with Crippen LogP contribution >= 0.6 is 0 Å².